The quantitative estimate of drug-likeness (QED) is 0.213. The maximum Gasteiger partial charge on any atom is 0.573 e. The number of rotatable bonds is 9. The molecule has 14 heteroatoms. The van der Waals surface area contributed by atoms with Crippen molar-refractivity contribution in [3.8, 4) is 28.6 Å². The van der Waals surface area contributed by atoms with Gasteiger partial charge in [-0.15, -0.1) is 18.3 Å². The summed E-state index contributed by atoms with van der Waals surface area (Å²) in [6, 6.07) is 17.6. The third-order valence-corrected chi connectivity index (χ3v) is 7.93. The van der Waals surface area contributed by atoms with Crippen molar-refractivity contribution in [3.05, 3.63) is 84.2 Å². The average Bonchev–Trinajstić information content (AvgIpc) is 3.63. The summed E-state index contributed by atoms with van der Waals surface area (Å²) in [6.45, 7) is 5.91. The number of anilines is 1. The summed E-state index contributed by atoms with van der Waals surface area (Å²) in [5, 5.41) is 7.60. The Morgan fingerprint density at radius 3 is 2.43 bits per heavy atom. The fourth-order valence-electron chi connectivity index (χ4n) is 4.92. The zero-order valence-corrected chi connectivity index (χ0v) is 26.2. The second kappa shape index (κ2) is 13.6. The van der Waals surface area contributed by atoms with Gasteiger partial charge in [0.2, 0.25) is 5.91 Å². The molecule has 1 aliphatic heterocycles. The Balaban J connectivity index is 1.22. The normalized spacial score (nSPS) is 15.0. The van der Waals surface area contributed by atoms with E-state index in [1.807, 2.05) is 57.2 Å². The second-order valence-corrected chi connectivity index (χ2v) is 11.7. The highest BCUT2D eigenvalue weighted by atomic mass is 32.2. The molecule has 5 rings (SSSR count). The minimum Gasteiger partial charge on any atom is -0.495 e. The highest BCUT2D eigenvalue weighted by molar-refractivity contribution is 8.15. The lowest BCUT2D eigenvalue weighted by atomic mass is 10.00. The van der Waals surface area contributed by atoms with E-state index < -0.39 is 12.4 Å². The maximum absolute atomic E-state index is 12.9. The monoisotopic (exact) mass is 652 g/mol. The van der Waals surface area contributed by atoms with Crippen LogP contribution >= 0.6 is 11.8 Å². The summed E-state index contributed by atoms with van der Waals surface area (Å²) in [5.41, 5.74) is 3.72. The first-order valence-corrected chi connectivity index (χ1v) is 15.3. The van der Waals surface area contributed by atoms with E-state index in [0.717, 1.165) is 16.7 Å². The Bertz CT molecular complexity index is 1740. The van der Waals surface area contributed by atoms with Crippen LogP contribution in [0.15, 0.2) is 78.0 Å². The van der Waals surface area contributed by atoms with Crippen molar-refractivity contribution < 1.29 is 32.2 Å². The predicted octanol–water partition coefficient (Wildman–Crippen LogP) is 6.74. The van der Waals surface area contributed by atoms with E-state index >= 15 is 0 Å². The molecule has 1 aliphatic rings. The summed E-state index contributed by atoms with van der Waals surface area (Å²) in [6.07, 6.45) is -2.78. The SMILES string of the molecule is COc1cccc(C(C)C)c1N1C(=O)CSC1=NC(=O)NC(C)Cc1ccc(-c2ncn(-c3ccc(OC(F)(F)F)cc3)n2)cc1. The van der Waals surface area contributed by atoms with Crippen molar-refractivity contribution in [2.24, 2.45) is 4.99 Å². The number of methoxy groups -OCH3 is 1. The number of thioether (sulfide) groups is 1. The molecule has 2 heterocycles. The van der Waals surface area contributed by atoms with Crippen molar-refractivity contribution in [3.63, 3.8) is 0 Å². The smallest absolute Gasteiger partial charge is 0.495 e. The van der Waals surface area contributed by atoms with Gasteiger partial charge in [-0.2, -0.15) is 4.99 Å². The fraction of sp³-hybridized carbons (Fsp3) is 0.281. The molecule has 46 heavy (non-hydrogen) atoms. The molecule has 4 aromatic rings. The molecule has 1 fully saturated rings. The second-order valence-electron chi connectivity index (χ2n) is 10.8. The highest BCUT2D eigenvalue weighted by Gasteiger charge is 2.35. The largest absolute Gasteiger partial charge is 0.573 e. The van der Waals surface area contributed by atoms with Crippen LogP contribution in [0.25, 0.3) is 17.1 Å². The van der Waals surface area contributed by atoms with Crippen LogP contribution in [0.5, 0.6) is 11.5 Å². The lowest BCUT2D eigenvalue weighted by Gasteiger charge is -2.24. The number of alkyl halides is 3. The van der Waals surface area contributed by atoms with Crippen molar-refractivity contribution in [2.75, 3.05) is 17.8 Å². The van der Waals surface area contributed by atoms with Crippen molar-refractivity contribution in [1.82, 2.24) is 20.1 Å². The van der Waals surface area contributed by atoms with E-state index in [2.05, 4.69) is 25.1 Å². The highest BCUT2D eigenvalue weighted by Crippen LogP contribution is 2.40. The van der Waals surface area contributed by atoms with Gasteiger partial charge in [0.1, 0.15) is 17.8 Å². The van der Waals surface area contributed by atoms with Gasteiger partial charge in [-0.25, -0.2) is 14.5 Å². The molecular weight excluding hydrogens is 621 g/mol. The van der Waals surface area contributed by atoms with E-state index in [1.54, 1.807) is 13.2 Å². The average molecular weight is 653 g/mol. The third kappa shape index (κ3) is 7.68. The molecule has 3 amide bonds. The number of aliphatic imine (C=N–C) groups is 1. The van der Waals surface area contributed by atoms with Crippen LogP contribution in [-0.2, 0) is 11.2 Å². The summed E-state index contributed by atoms with van der Waals surface area (Å²) in [7, 11) is 1.54. The molecule has 3 aromatic carbocycles. The number of benzene rings is 3. The van der Waals surface area contributed by atoms with Gasteiger partial charge in [-0.3, -0.25) is 9.69 Å². The van der Waals surface area contributed by atoms with Crippen LogP contribution in [-0.4, -0.2) is 57.1 Å². The molecule has 0 aliphatic carbocycles. The van der Waals surface area contributed by atoms with Crippen molar-refractivity contribution in [2.45, 2.75) is 45.5 Å². The number of hydrogen-bond acceptors (Lipinski definition) is 7. The summed E-state index contributed by atoms with van der Waals surface area (Å²) in [4.78, 5) is 35.9. The maximum atomic E-state index is 12.9. The van der Waals surface area contributed by atoms with E-state index in [9.17, 15) is 22.8 Å². The van der Waals surface area contributed by atoms with Crippen LogP contribution in [0.2, 0.25) is 0 Å². The number of carbonyl (C=O) groups is 2. The number of amides is 3. The van der Waals surface area contributed by atoms with Gasteiger partial charge in [0.05, 0.1) is 24.2 Å². The molecule has 0 radical (unpaired) electrons. The van der Waals surface area contributed by atoms with Crippen LogP contribution in [0.1, 0.15) is 37.8 Å². The molecule has 1 N–H and O–H groups in total. The number of urea groups is 1. The molecule has 1 atom stereocenters. The van der Waals surface area contributed by atoms with Gasteiger partial charge in [-0.1, -0.05) is 62.0 Å². The van der Waals surface area contributed by atoms with Crippen LogP contribution in [0.3, 0.4) is 0 Å². The molecule has 10 nitrogen and oxygen atoms in total. The topological polar surface area (TPSA) is 111 Å². The van der Waals surface area contributed by atoms with E-state index in [0.29, 0.717) is 34.5 Å². The minimum atomic E-state index is -4.76. The molecule has 240 valence electrons. The van der Waals surface area contributed by atoms with E-state index in [4.69, 9.17) is 4.74 Å². The van der Waals surface area contributed by atoms with Gasteiger partial charge in [0, 0.05) is 11.6 Å². The number of nitrogens with zero attached hydrogens (tertiary/aromatic N) is 5. The van der Waals surface area contributed by atoms with Crippen molar-refractivity contribution in [1.29, 1.82) is 0 Å². The molecule has 0 spiro atoms. The van der Waals surface area contributed by atoms with Crippen molar-refractivity contribution >= 4 is 34.6 Å². The first-order chi connectivity index (χ1) is 21.9. The third-order valence-electron chi connectivity index (χ3n) is 7.01. The zero-order valence-electron chi connectivity index (χ0n) is 25.4. The number of aromatic nitrogens is 3. The Morgan fingerprint density at radius 2 is 1.78 bits per heavy atom. The van der Waals surface area contributed by atoms with Crippen LogP contribution < -0.4 is 19.7 Å². The lowest BCUT2D eigenvalue weighted by Crippen LogP contribution is -2.35. The number of para-hydroxylation sites is 1. The van der Waals surface area contributed by atoms with Gasteiger partial charge in [-0.05, 0) is 60.7 Å². The molecule has 1 saturated heterocycles. The molecule has 1 unspecified atom stereocenters. The summed E-state index contributed by atoms with van der Waals surface area (Å²) < 4.78 is 48.2. The number of carbonyl (C=O) groups excluding carboxylic acids is 2. The van der Waals surface area contributed by atoms with Crippen LogP contribution in [0, 0.1) is 0 Å². The van der Waals surface area contributed by atoms with Gasteiger partial charge < -0.3 is 14.8 Å². The first kappa shape index (κ1) is 32.5. The number of halogens is 3. The lowest BCUT2D eigenvalue weighted by molar-refractivity contribution is -0.274. The Labute approximate surface area is 267 Å². The summed E-state index contributed by atoms with van der Waals surface area (Å²) in [5.74, 6) is 0.737. The first-order valence-electron chi connectivity index (χ1n) is 14.3. The Kier molecular flexibility index (Phi) is 9.65. The zero-order chi connectivity index (χ0) is 33.0. The predicted molar refractivity (Wildman–Crippen MR) is 170 cm³/mol. The number of amidine groups is 1. The molecule has 1 aromatic heterocycles. The van der Waals surface area contributed by atoms with E-state index in [-0.39, 0.29) is 29.4 Å². The van der Waals surface area contributed by atoms with E-state index in [1.165, 1.54) is 51.9 Å². The number of nitrogens with one attached hydrogen (secondary N) is 1. The molecule has 0 bridgehead atoms. The van der Waals surface area contributed by atoms with Gasteiger partial charge in [0.15, 0.2) is 11.0 Å². The number of hydrogen-bond donors (Lipinski definition) is 1. The van der Waals surface area contributed by atoms with Gasteiger partial charge >= 0.3 is 12.4 Å². The standard InChI is InChI=1S/C32H31F3N6O4S/c1-19(2)25-6-5-7-26(44-4)28(25)41-27(42)17-46-31(41)38-30(43)37-20(3)16-21-8-10-22(11-9-21)29-36-18-40(39-29)23-12-14-24(15-13-23)45-32(33,34)35/h5-15,18-20H,16-17H2,1-4H3,(H,37,43). The Hall–Kier alpha value is -4.85. The number of ether oxygens (including phenoxy) is 2. The molecule has 0 saturated carbocycles. The molecular formula is C32H31F3N6O4S. The minimum absolute atomic E-state index is 0.110. The summed E-state index contributed by atoms with van der Waals surface area (Å²) >= 11 is 1.20. The fourth-order valence-corrected chi connectivity index (χ4v) is 5.77. The van der Waals surface area contributed by atoms with Crippen LogP contribution in [0.4, 0.5) is 23.7 Å². The Morgan fingerprint density at radius 1 is 1.07 bits per heavy atom. The van der Waals surface area contributed by atoms with Gasteiger partial charge in [0.25, 0.3) is 0 Å².